The zero-order valence-electron chi connectivity index (χ0n) is 13.1. The number of nitrogens with zero attached hydrogens (tertiary/aromatic N) is 3. The molecular weight excluding hydrogens is 285 g/mol. The van der Waals surface area contributed by atoms with E-state index in [9.17, 15) is 9.18 Å². The molecule has 1 heterocycles. The number of hydrogen-bond acceptors (Lipinski definition) is 4. The van der Waals surface area contributed by atoms with Gasteiger partial charge in [0.25, 0.3) is 0 Å². The number of nitriles is 1. The van der Waals surface area contributed by atoms with E-state index in [0.29, 0.717) is 23.7 Å². The van der Waals surface area contributed by atoms with Crippen molar-refractivity contribution in [2.24, 2.45) is 10.9 Å². The lowest BCUT2D eigenvalue weighted by Crippen LogP contribution is -2.43. The molecule has 0 saturated carbocycles. The maximum absolute atomic E-state index is 14.3. The van der Waals surface area contributed by atoms with Gasteiger partial charge < -0.3 is 9.64 Å². The van der Waals surface area contributed by atoms with E-state index in [4.69, 9.17) is 10.00 Å². The molecule has 0 bridgehead atoms. The number of hydrogen-bond donors (Lipinski definition) is 0. The molecule has 1 aliphatic heterocycles. The normalized spacial score (nSPS) is 19.5. The lowest BCUT2D eigenvalue weighted by atomic mass is 9.85. The average Bonchev–Trinajstić information content (AvgIpc) is 2.51. The standard InChI is InChI=1S/C16H18FN3O2/c1-9(13-8-19-10(2)20(3)16(13)21)12-6-15(22-4)11(7-18)5-14(12)17/h5-6,9,13H,8H2,1-4H3/t9-,13?/m1/s1. The minimum atomic E-state index is -0.508. The summed E-state index contributed by atoms with van der Waals surface area (Å²) in [4.78, 5) is 18.2. The minimum Gasteiger partial charge on any atom is -0.495 e. The highest BCUT2D eigenvalue weighted by molar-refractivity contribution is 5.99. The van der Waals surface area contributed by atoms with Gasteiger partial charge in [-0.3, -0.25) is 9.79 Å². The van der Waals surface area contributed by atoms with Crippen LogP contribution in [0.25, 0.3) is 0 Å². The smallest absolute Gasteiger partial charge is 0.233 e. The molecule has 0 spiro atoms. The Kier molecular flexibility index (Phi) is 4.45. The van der Waals surface area contributed by atoms with Crippen LogP contribution in [0, 0.1) is 23.1 Å². The molecule has 116 valence electrons. The van der Waals surface area contributed by atoms with Crippen LogP contribution in [0.2, 0.25) is 0 Å². The van der Waals surface area contributed by atoms with Crippen LogP contribution < -0.4 is 4.74 Å². The second kappa shape index (κ2) is 6.14. The highest BCUT2D eigenvalue weighted by atomic mass is 19.1. The van der Waals surface area contributed by atoms with Gasteiger partial charge in [0, 0.05) is 7.05 Å². The van der Waals surface area contributed by atoms with Crippen molar-refractivity contribution in [3.63, 3.8) is 0 Å². The highest BCUT2D eigenvalue weighted by Crippen LogP contribution is 2.33. The van der Waals surface area contributed by atoms with Crippen LogP contribution >= 0.6 is 0 Å². The zero-order valence-corrected chi connectivity index (χ0v) is 13.1. The number of carbonyl (C=O) groups is 1. The van der Waals surface area contributed by atoms with Gasteiger partial charge in [0.1, 0.15) is 23.5 Å². The predicted molar refractivity (Wildman–Crippen MR) is 80.3 cm³/mol. The van der Waals surface area contributed by atoms with E-state index in [1.54, 1.807) is 20.9 Å². The first-order valence-corrected chi connectivity index (χ1v) is 6.96. The van der Waals surface area contributed by atoms with Crippen LogP contribution in [-0.4, -0.2) is 37.3 Å². The third-order valence-corrected chi connectivity index (χ3v) is 4.18. The fourth-order valence-corrected chi connectivity index (χ4v) is 2.59. The lowest BCUT2D eigenvalue weighted by molar-refractivity contribution is -0.131. The number of amides is 1. The summed E-state index contributed by atoms with van der Waals surface area (Å²) in [6, 6.07) is 4.54. The number of methoxy groups -OCH3 is 1. The van der Waals surface area contributed by atoms with Gasteiger partial charge >= 0.3 is 0 Å². The summed E-state index contributed by atoms with van der Waals surface area (Å²) >= 11 is 0. The van der Waals surface area contributed by atoms with Crippen molar-refractivity contribution in [3.8, 4) is 11.8 Å². The summed E-state index contributed by atoms with van der Waals surface area (Å²) in [6.07, 6.45) is 0. The topological polar surface area (TPSA) is 65.7 Å². The summed E-state index contributed by atoms with van der Waals surface area (Å²) in [5.41, 5.74) is 0.495. The summed E-state index contributed by atoms with van der Waals surface area (Å²) in [6.45, 7) is 3.89. The molecule has 1 amide bonds. The maximum atomic E-state index is 14.3. The number of benzene rings is 1. The van der Waals surface area contributed by atoms with Crippen LogP contribution in [0.5, 0.6) is 5.75 Å². The monoisotopic (exact) mass is 303 g/mol. The molecule has 0 fully saturated rings. The number of ether oxygens (including phenoxy) is 1. The Morgan fingerprint density at radius 3 is 2.82 bits per heavy atom. The minimum absolute atomic E-state index is 0.0808. The van der Waals surface area contributed by atoms with Crippen molar-refractivity contribution in [2.75, 3.05) is 20.7 Å². The van der Waals surface area contributed by atoms with Crippen LogP contribution in [-0.2, 0) is 4.79 Å². The third-order valence-electron chi connectivity index (χ3n) is 4.18. The van der Waals surface area contributed by atoms with Gasteiger partial charge in [-0.2, -0.15) is 5.26 Å². The molecule has 1 aromatic carbocycles. The Balaban J connectivity index is 2.40. The van der Waals surface area contributed by atoms with Crippen LogP contribution in [0.3, 0.4) is 0 Å². The molecule has 0 radical (unpaired) electrons. The largest absolute Gasteiger partial charge is 0.495 e. The van der Waals surface area contributed by atoms with E-state index < -0.39 is 11.7 Å². The first kappa shape index (κ1) is 16.0. The van der Waals surface area contributed by atoms with Crippen molar-refractivity contribution in [1.29, 1.82) is 5.26 Å². The van der Waals surface area contributed by atoms with Crippen molar-refractivity contribution < 1.29 is 13.9 Å². The quantitative estimate of drug-likeness (QED) is 0.860. The van der Waals surface area contributed by atoms with E-state index in [-0.39, 0.29) is 17.4 Å². The molecule has 6 heteroatoms. The Morgan fingerprint density at radius 1 is 1.55 bits per heavy atom. The molecule has 0 saturated heterocycles. The Hall–Kier alpha value is -2.42. The molecule has 1 aliphatic rings. The van der Waals surface area contributed by atoms with Gasteiger partial charge in [-0.05, 0) is 30.5 Å². The van der Waals surface area contributed by atoms with E-state index in [2.05, 4.69) is 4.99 Å². The predicted octanol–water partition coefficient (Wildman–Crippen LogP) is 2.32. The van der Waals surface area contributed by atoms with Crippen molar-refractivity contribution in [2.45, 2.75) is 19.8 Å². The molecule has 1 unspecified atom stereocenters. The summed E-state index contributed by atoms with van der Waals surface area (Å²) in [5, 5.41) is 8.98. The first-order valence-electron chi connectivity index (χ1n) is 6.96. The fourth-order valence-electron chi connectivity index (χ4n) is 2.59. The zero-order chi connectivity index (χ0) is 16.4. The van der Waals surface area contributed by atoms with Gasteiger partial charge in [-0.15, -0.1) is 0 Å². The molecule has 1 aromatic rings. The summed E-state index contributed by atoms with van der Waals surface area (Å²) in [7, 11) is 3.09. The summed E-state index contributed by atoms with van der Waals surface area (Å²) < 4.78 is 19.4. The van der Waals surface area contributed by atoms with Gasteiger partial charge in [0.15, 0.2) is 0 Å². The second-order valence-corrected chi connectivity index (χ2v) is 5.37. The van der Waals surface area contributed by atoms with Gasteiger partial charge in [0.05, 0.1) is 25.1 Å². The number of amidine groups is 1. The molecule has 22 heavy (non-hydrogen) atoms. The number of carbonyl (C=O) groups excluding carboxylic acids is 1. The summed E-state index contributed by atoms with van der Waals surface area (Å²) in [5.74, 6) is -0.419. The lowest BCUT2D eigenvalue weighted by Gasteiger charge is -2.31. The van der Waals surface area contributed by atoms with Gasteiger partial charge in [-0.25, -0.2) is 4.39 Å². The van der Waals surface area contributed by atoms with Crippen molar-refractivity contribution in [1.82, 2.24) is 4.90 Å². The fraction of sp³-hybridized carbons (Fsp3) is 0.438. The molecule has 0 aliphatic carbocycles. The molecule has 5 nitrogen and oxygen atoms in total. The van der Waals surface area contributed by atoms with Crippen LogP contribution in [0.4, 0.5) is 4.39 Å². The third kappa shape index (κ3) is 2.67. The van der Waals surface area contributed by atoms with Gasteiger partial charge in [0.2, 0.25) is 5.91 Å². The van der Waals surface area contributed by atoms with E-state index in [0.717, 1.165) is 6.07 Å². The average molecular weight is 303 g/mol. The van der Waals surface area contributed by atoms with E-state index in [1.165, 1.54) is 18.1 Å². The maximum Gasteiger partial charge on any atom is 0.233 e. The Morgan fingerprint density at radius 2 is 2.23 bits per heavy atom. The Bertz CT molecular complexity index is 679. The number of halogens is 1. The van der Waals surface area contributed by atoms with E-state index in [1.807, 2.05) is 6.07 Å². The van der Waals surface area contributed by atoms with Gasteiger partial charge in [-0.1, -0.05) is 6.92 Å². The Labute approximate surface area is 129 Å². The van der Waals surface area contributed by atoms with Crippen molar-refractivity contribution in [3.05, 3.63) is 29.1 Å². The number of aliphatic imine (C=N–C) groups is 1. The van der Waals surface area contributed by atoms with Crippen LogP contribution in [0.1, 0.15) is 30.9 Å². The van der Waals surface area contributed by atoms with Crippen LogP contribution in [0.15, 0.2) is 17.1 Å². The molecule has 0 N–H and O–H groups in total. The highest BCUT2D eigenvalue weighted by Gasteiger charge is 2.34. The molecule has 0 aromatic heterocycles. The SMILES string of the molecule is COc1cc([C@@H](C)C2CN=C(C)N(C)C2=O)c(F)cc1C#N. The molecule has 2 atom stereocenters. The molecule has 2 rings (SSSR count). The second-order valence-electron chi connectivity index (χ2n) is 5.37. The number of rotatable bonds is 3. The van der Waals surface area contributed by atoms with Crippen molar-refractivity contribution >= 4 is 11.7 Å². The van der Waals surface area contributed by atoms with E-state index >= 15 is 0 Å². The first-order chi connectivity index (χ1) is 10.4. The molecular formula is C16H18FN3O2.